The Morgan fingerprint density at radius 3 is 3.12 bits per heavy atom. The molecule has 88 valence electrons. The zero-order valence-electron chi connectivity index (χ0n) is 8.99. The average molecular weight is 233 g/mol. The summed E-state index contributed by atoms with van der Waals surface area (Å²) in [5.41, 5.74) is 6.59. The third-order valence-electron chi connectivity index (χ3n) is 2.97. The first kappa shape index (κ1) is 10.0. The van der Waals surface area contributed by atoms with Gasteiger partial charge in [-0.25, -0.2) is 5.10 Å². The molecule has 1 amide bonds. The monoisotopic (exact) mass is 233 g/mol. The largest absolute Gasteiger partial charge is 0.364 e. The second kappa shape index (κ2) is 3.42. The molecule has 2 aromatic rings. The molecule has 7 nitrogen and oxygen atoms in total. The quantitative estimate of drug-likeness (QED) is 0.583. The summed E-state index contributed by atoms with van der Waals surface area (Å²) < 4.78 is 1.92. The Morgan fingerprint density at radius 1 is 1.53 bits per heavy atom. The van der Waals surface area contributed by atoms with Crippen LogP contribution < -0.4 is 16.6 Å². The zero-order chi connectivity index (χ0) is 12.0. The van der Waals surface area contributed by atoms with E-state index in [1.807, 2.05) is 4.57 Å². The van der Waals surface area contributed by atoms with Gasteiger partial charge in [-0.3, -0.25) is 9.59 Å². The molecule has 1 aliphatic rings. The molecular weight excluding hydrogens is 222 g/mol. The van der Waals surface area contributed by atoms with Crippen LogP contribution in [0.25, 0.3) is 10.9 Å². The van der Waals surface area contributed by atoms with Crippen molar-refractivity contribution in [1.29, 1.82) is 0 Å². The first-order valence-electron chi connectivity index (χ1n) is 5.30. The molecule has 0 saturated carbocycles. The molecule has 0 aromatic carbocycles. The SMILES string of the molecule is NC(=O)c1n[nH]c(=O)c2cc3n(c12)CCNC3. The number of aromatic nitrogens is 3. The number of carbonyl (C=O) groups excluding carboxylic acids is 1. The number of aromatic amines is 1. The van der Waals surface area contributed by atoms with Gasteiger partial charge in [0, 0.05) is 25.3 Å². The molecule has 0 fully saturated rings. The molecule has 0 radical (unpaired) electrons. The third kappa shape index (κ3) is 1.36. The topological polar surface area (TPSA) is 106 Å². The number of rotatable bonds is 1. The van der Waals surface area contributed by atoms with Crippen molar-refractivity contribution in [2.45, 2.75) is 13.1 Å². The highest BCUT2D eigenvalue weighted by Crippen LogP contribution is 2.20. The summed E-state index contributed by atoms with van der Waals surface area (Å²) in [6.45, 7) is 2.17. The Labute approximate surface area is 95.6 Å². The summed E-state index contributed by atoms with van der Waals surface area (Å²) >= 11 is 0. The fourth-order valence-corrected chi connectivity index (χ4v) is 2.23. The lowest BCUT2D eigenvalue weighted by Gasteiger charge is -2.17. The molecule has 4 N–H and O–H groups in total. The molecule has 3 heterocycles. The van der Waals surface area contributed by atoms with Crippen LogP contribution in [0.15, 0.2) is 10.9 Å². The van der Waals surface area contributed by atoms with E-state index in [0.29, 0.717) is 24.0 Å². The lowest BCUT2D eigenvalue weighted by Crippen LogP contribution is -2.28. The summed E-state index contributed by atoms with van der Waals surface area (Å²) in [7, 11) is 0. The van der Waals surface area contributed by atoms with Crippen molar-refractivity contribution in [3.63, 3.8) is 0 Å². The van der Waals surface area contributed by atoms with Gasteiger partial charge in [0.05, 0.1) is 10.9 Å². The molecule has 2 aromatic heterocycles. The van der Waals surface area contributed by atoms with Gasteiger partial charge in [0.25, 0.3) is 11.5 Å². The molecule has 0 aliphatic carbocycles. The lowest BCUT2D eigenvalue weighted by molar-refractivity contribution is 0.0996. The predicted molar refractivity (Wildman–Crippen MR) is 60.6 cm³/mol. The minimum Gasteiger partial charge on any atom is -0.364 e. The van der Waals surface area contributed by atoms with Crippen molar-refractivity contribution in [3.8, 4) is 0 Å². The van der Waals surface area contributed by atoms with Gasteiger partial charge in [0.1, 0.15) is 0 Å². The van der Waals surface area contributed by atoms with E-state index >= 15 is 0 Å². The maximum Gasteiger partial charge on any atom is 0.273 e. The van der Waals surface area contributed by atoms with Crippen molar-refractivity contribution in [2.24, 2.45) is 5.73 Å². The minimum absolute atomic E-state index is 0.118. The highest BCUT2D eigenvalue weighted by atomic mass is 16.1. The Bertz CT molecular complexity index is 669. The van der Waals surface area contributed by atoms with Gasteiger partial charge in [-0.05, 0) is 6.07 Å². The smallest absolute Gasteiger partial charge is 0.273 e. The van der Waals surface area contributed by atoms with E-state index in [4.69, 9.17) is 5.73 Å². The molecule has 7 heteroatoms. The molecule has 0 saturated heterocycles. The van der Waals surface area contributed by atoms with Gasteiger partial charge in [0.2, 0.25) is 0 Å². The number of H-pyrrole nitrogens is 1. The highest BCUT2D eigenvalue weighted by Gasteiger charge is 2.20. The van der Waals surface area contributed by atoms with Crippen molar-refractivity contribution in [2.75, 3.05) is 6.54 Å². The van der Waals surface area contributed by atoms with Gasteiger partial charge in [-0.15, -0.1) is 0 Å². The van der Waals surface area contributed by atoms with E-state index in [1.54, 1.807) is 6.07 Å². The van der Waals surface area contributed by atoms with E-state index in [0.717, 1.165) is 12.2 Å². The Balaban J connectivity index is 2.45. The van der Waals surface area contributed by atoms with E-state index < -0.39 is 5.91 Å². The maximum absolute atomic E-state index is 11.7. The molecule has 0 bridgehead atoms. The van der Waals surface area contributed by atoms with Crippen LogP contribution in [0, 0.1) is 0 Å². The van der Waals surface area contributed by atoms with Crippen molar-refractivity contribution in [1.82, 2.24) is 20.1 Å². The number of fused-ring (bicyclic) bond motifs is 3. The van der Waals surface area contributed by atoms with Crippen molar-refractivity contribution >= 4 is 16.8 Å². The zero-order valence-corrected chi connectivity index (χ0v) is 8.99. The van der Waals surface area contributed by atoms with Crippen LogP contribution in [0.1, 0.15) is 16.2 Å². The molecule has 0 atom stereocenters. The third-order valence-corrected chi connectivity index (χ3v) is 2.97. The number of primary amides is 1. The standard InChI is InChI=1S/C10H11N5O2/c11-9(16)7-8-6(10(17)14-13-7)3-5-4-12-1-2-15(5)8/h3,12H,1-2,4H2,(H2,11,16)(H,14,17). The van der Waals surface area contributed by atoms with E-state index in [-0.39, 0.29) is 11.3 Å². The van der Waals surface area contributed by atoms with Crippen LogP contribution in [0.5, 0.6) is 0 Å². The number of nitrogens with two attached hydrogens (primary N) is 1. The van der Waals surface area contributed by atoms with Gasteiger partial charge < -0.3 is 15.6 Å². The van der Waals surface area contributed by atoms with E-state index in [1.165, 1.54) is 0 Å². The molecule has 0 spiro atoms. The summed E-state index contributed by atoms with van der Waals surface area (Å²) in [5.74, 6) is -0.634. The fraction of sp³-hybridized carbons (Fsp3) is 0.300. The number of nitrogens with one attached hydrogen (secondary N) is 2. The number of hydrogen-bond acceptors (Lipinski definition) is 4. The van der Waals surface area contributed by atoms with Crippen LogP contribution >= 0.6 is 0 Å². The minimum atomic E-state index is -0.634. The van der Waals surface area contributed by atoms with Crippen LogP contribution in [0.3, 0.4) is 0 Å². The summed E-state index contributed by atoms with van der Waals surface area (Å²) in [4.78, 5) is 23.0. The van der Waals surface area contributed by atoms with Crippen molar-refractivity contribution in [3.05, 3.63) is 27.8 Å². The van der Waals surface area contributed by atoms with E-state index in [9.17, 15) is 9.59 Å². The number of carbonyl (C=O) groups is 1. The summed E-state index contributed by atoms with van der Waals surface area (Å²) in [5, 5.41) is 9.69. The van der Waals surface area contributed by atoms with Crippen LogP contribution in [0.4, 0.5) is 0 Å². The van der Waals surface area contributed by atoms with Gasteiger partial charge in [0.15, 0.2) is 5.69 Å². The normalized spacial score (nSPS) is 14.8. The first-order valence-corrected chi connectivity index (χ1v) is 5.30. The van der Waals surface area contributed by atoms with Crippen LogP contribution in [-0.2, 0) is 13.1 Å². The van der Waals surface area contributed by atoms with Crippen LogP contribution in [-0.4, -0.2) is 27.2 Å². The summed E-state index contributed by atoms with van der Waals surface area (Å²) in [6, 6.07) is 1.77. The Morgan fingerprint density at radius 2 is 2.35 bits per heavy atom. The van der Waals surface area contributed by atoms with E-state index in [2.05, 4.69) is 15.5 Å². The second-order valence-corrected chi connectivity index (χ2v) is 3.99. The predicted octanol–water partition coefficient (Wildman–Crippen LogP) is -1.07. The van der Waals surface area contributed by atoms with Gasteiger partial charge >= 0.3 is 0 Å². The van der Waals surface area contributed by atoms with Gasteiger partial charge in [-0.1, -0.05) is 0 Å². The molecule has 3 rings (SSSR count). The average Bonchev–Trinajstić information content (AvgIpc) is 2.69. The number of amides is 1. The fourth-order valence-electron chi connectivity index (χ4n) is 2.23. The Kier molecular flexibility index (Phi) is 2.02. The van der Waals surface area contributed by atoms with Crippen LogP contribution in [0.2, 0.25) is 0 Å². The lowest BCUT2D eigenvalue weighted by atomic mass is 10.2. The van der Waals surface area contributed by atoms with Crippen molar-refractivity contribution < 1.29 is 4.79 Å². The molecule has 1 aliphatic heterocycles. The van der Waals surface area contributed by atoms with Gasteiger partial charge in [-0.2, -0.15) is 5.10 Å². The highest BCUT2D eigenvalue weighted by molar-refractivity contribution is 6.03. The summed E-state index contributed by atoms with van der Waals surface area (Å²) in [6.07, 6.45) is 0. The molecule has 17 heavy (non-hydrogen) atoms. The molecular formula is C10H11N5O2. The number of hydrogen-bond donors (Lipinski definition) is 3. The first-order chi connectivity index (χ1) is 8.18. The second-order valence-electron chi connectivity index (χ2n) is 3.99. The Hall–Kier alpha value is -2.15. The number of nitrogens with zero attached hydrogens (tertiary/aromatic N) is 2. The molecule has 0 unspecified atom stereocenters. The maximum atomic E-state index is 11.7.